The molecule has 3 heteroatoms. The zero-order valence-corrected chi connectivity index (χ0v) is 11.4. The van der Waals surface area contributed by atoms with Crippen LogP contribution in [0.25, 0.3) is 0 Å². The van der Waals surface area contributed by atoms with Gasteiger partial charge in [0.25, 0.3) is 0 Å². The Hall–Kier alpha value is -0.240. The van der Waals surface area contributed by atoms with Crippen molar-refractivity contribution >= 4 is 23.2 Å². The van der Waals surface area contributed by atoms with Crippen LogP contribution >= 0.6 is 23.2 Å². The number of hydrogen-bond acceptors (Lipinski definition) is 1. The summed E-state index contributed by atoms with van der Waals surface area (Å²) in [6.07, 6.45) is 3.44. The molecule has 0 aliphatic heterocycles. The second-order valence-corrected chi connectivity index (χ2v) is 5.13. The van der Waals surface area contributed by atoms with Crippen LogP contribution in [0.1, 0.15) is 32.3 Å². The molecule has 0 aromatic heterocycles. The van der Waals surface area contributed by atoms with Crippen LogP contribution in [0.3, 0.4) is 0 Å². The second kappa shape index (κ2) is 7.16. The number of hydrogen-bond donors (Lipinski definition) is 1. The van der Waals surface area contributed by atoms with Gasteiger partial charge in [0.2, 0.25) is 0 Å². The van der Waals surface area contributed by atoms with E-state index in [1.54, 1.807) is 0 Å². The Morgan fingerprint density at radius 2 is 1.88 bits per heavy atom. The fourth-order valence-corrected chi connectivity index (χ4v) is 1.86. The SMILES string of the molecule is CC(C)NCCCCc1ccc(Cl)c(Cl)c1. The van der Waals surface area contributed by atoms with Crippen molar-refractivity contribution in [2.75, 3.05) is 6.54 Å². The van der Waals surface area contributed by atoms with Crippen LogP contribution in [-0.2, 0) is 6.42 Å². The van der Waals surface area contributed by atoms with Crippen molar-refractivity contribution in [1.82, 2.24) is 5.32 Å². The molecule has 0 atom stereocenters. The van der Waals surface area contributed by atoms with E-state index in [2.05, 4.69) is 19.2 Å². The zero-order chi connectivity index (χ0) is 12.0. The van der Waals surface area contributed by atoms with Gasteiger partial charge in [-0.1, -0.05) is 43.1 Å². The standard InChI is InChI=1S/C13H19Cl2N/c1-10(2)16-8-4-3-5-11-6-7-12(14)13(15)9-11/h6-7,9-10,16H,3-5,8H2,1-2H3. The Kier molecular flexibility index (Phi) is 6.18. The van der Waals surface area contributed by atoms with Crippen molar-refractivity contribution in [1.29, 1.82) is 0 Å². The minimum atomic E-state index is 0.574. The predicted molar refractivity (Wildman–Crippen MR) is 72.5 cm³/mol. The van der Waals surface area contributed by atoms with Gasteiger partial charge >= 0.3 is 0 Å². The van der Waals surface area contributed by atoms with Crippen molar-refractivity contribution in [3.8, 4) is 0 Å². The first-order valence-corrected chi connectivity index (χ1v) is 6.52. The third-order valence-electron chi connectivity index (χ3n) is 2.43. The van der Waals surface area contributed by atoms with Crippen molar-refractivity contribution in [3.63, 3.8) is 0 Å². The van der Waals surface area contributed by atoms with Gasteiger partial charge in [0, 0.05) is 6.04 Å². The number of rotatable bonds is 6. The van der Waals surface area contributed by atoms with Crippen LogP contribution in [-0.4, -0.2) is 12.6 Å². The molecular formula is C13H19Cl2N. The van der Waals surface area contributed by atoms with Gasteiger partial charge in [-0.3, -0.25) is 0 Å². The number of unbranched alkanes of at least 4 members (excludes halogenated alkanes) is 1. The van der Waals surface area contributed by atoms with Gasteiger partial charge in [-0.25, -0.2) is 0 Å². The summed E-state index contributed by atoms with van der Waals surface area (Å²) >= 11 is 11.8. The summed E-state index contributed by atoms with van der Waals surface area (Å²) in [5.74, 6) is 0. The Balaban J connectivity index is 2.24. The third-order valence-corrected chi connectivity index (χ3v) is 3.17. The molecule has 0 spiro atoms. The minimum absolute atomic E-state index is 0.574. The maximum atomic E-state index is 5.95. The molecule has 0 amide bonds. The van der Waals surface area contributed by atoms with Gasteiger partial charge in [0.15, 0.2) is 0 Å². The molecule has 0 radical (unpaired) electrons. The maximum absolute atomic E-state index is 5.95. The van der Waals surface area contributed by atoms with Gasteiger partial charge in [0.1, 0.15) is 0 Å². The van der Waals surface area contributed by atoms with E-state index in [1.165, 1.54) is 18.4 Å². The molecule has 1 N–H and O–H groups in total. The molecule has 1 aromatic rings. The second-order valence-electron chi connectivity index (χ2n) is 4.31. The van der Waals surface area contributed by atoms with Gasteiger partial charge in [-0.05, 0) is 43.5 Å². The number of benzene rings is 1. The lowest BCUT2D eigenvalue weighted by atomic mass is 10.1. The zero-order valence-electron chi connectivity index (χ0n) is 9.89. The first kappa shape index (κ1) is 13.8. The summed E-state index contributed by atoms with van der Waals surface area (Å²) in [4.78, 5) is 0. The molecule has 1 nitrogen and oxygen atoms in total. The van der Waals surface area contributed by atoms with E-state index in [0.29, 0.717) is 16.1 Å². The topological polar surface area (TPSA) is 12.0 Å². The lowest BCUT2D eigenvalue weighted by Gasteiger charge is -2.07. The molecule has 0 heterocycles. The number of halogens is 2. The summed E-state index contributed by atoms with van der Waals surface area (Å²) < 4.78 is 0. The van der Waals surface area contributed by atoms with E-state index < -0.39 is 0 Å². The van der Waals surface area contributed by atoms with Gasteiger partial charge in [-0.15, -0.1) is 0 Å². The quantitative estimate of drug-likeness (QED) is 0.751. The fraction of sp³-hybridized carbons (Fsp3) is 0.538. The average Bonchev–Trinajstić information content (AvgIpc) is 2.22. The average molecular weight is 260 g/mol. The summed E-state index contributed by atoms with van der Waals surface area (Å²) in [5.41, 5.74) is 1.26. The molecule has 90 valence electrons. The number of nitrogens with one attached hydrogen (secondary N) is 1. The molecule has 0 bridgehead atoms. The van der Waals surface area contributed by atoms with Crippen LogP contribution in [0.4, 0.5) is 0 Å². The molecular weight excluding hydrogens is 241 g/mol. The highest BCUT2D eigenvalue weighted by molar-refractivity contribution is 6.42. The predicted octanol–water partition coefficient (Wildman–Crippen LogP) is 4.31. The minimum Gasteiger partial charge on any atom is -0.315 e. The molecule has 1 aromatic carbocycles. The van der Waals surface area contributed by atoms with E-state index in [-0.39, 0.29) is 0 Å². The van der Waals surface area contributed by atoms with Crippen molar-refractivity contribution in [3.05, 3.63) is 33.8 Å². The Bertz CT molecular complexity index is 324. The highest BCUT2D eigenvalue weighted by Gasteiger charge is 1.99. The maximum Gasteiger partial charge on any atom is 0.0595 e. The van der Waals surface area contributed by atoms with Crippen LogP contribution in [0.5, 0.6) is 0 Å². The lowest BCUT2D eigenvalue weighted by Crippen LogP contribution is -2.23. The molecule has 0 aliphatic carbocycles. The monoisotopic (exact) mass is 259 g/mol. The summed E-state index contributed by atoms with van der Waals surface area (Å²) in [5, 5.41) is 4.69. The van der Waals surface area contributed by atoms with Crippen LogP contribution in [0.15, 0.2) is 18.2 Å². The van der Waals surface area contributed by atoms with Crippen LogP contribution in [0.2, 0.25) is 10.0 Å². The van der Waals surface area contributed by atoms with E-state index in [9.17, 15) is 0 Å². The molecule has 16 heavy (non-hydrogen) atoms. The third kappa shape index (κ3) is 5.20. The Morgan fingerprint density at radius 3 is 2.50 bits per heavy atom. The molecule has 0 saturated heterocycles. The molecule has 0 fully saturated rings. The molecule has 0 unspecified atom stereocenters. The van der Waals surface area contributed by atoms with Gasteiger partial charge in [-0.2, -0.15) is 0 Å². The Labute approximate surface area is 108 Å². The van der Waals surface area contributed by atoms with Crippen molar-refractivity contribution in [2.45, 2.75) is 39.2 Å². The molecule has 0 aliphatic rings. The van der Waals surface area contributed by atoms with Gasteiger partial charge < -0.3 is 5.32 Å². The van der Waals surface area contributed by atoms with Crippen LogP contribution < -0.4 is 5.32 Å². The lowest BCUT2D eigenvalue weighted by molar-refractivity contribution is 0.557. The first-order chi connectivity index (χ1) is 7.59. The van der Waals surface area contributed by atoms with E-state index in [4.69, 9.17) is 23.2 Å². The number of aryl methyl sites for hydroxylation is 1. The molecule has 0 saturated carbocycles. The van der Waals surface area contributed by atoms with E-state index in [1.807, 2.05) is 18.2 Å². The first-order valence-electron chi connectivity index (χ1n) is 5.77. The van der Waals surface area contributed by atoms with E-state index >= 15 is 0 Å². The van der Waals surface area contributed by atoms with Crippen LogP contribution in [0, 0.1) is 0 Å². The molecule has 1 rings (SSSR count). The summed E-state index contributed by atoms with van der Waals surface area (Å²) in [7, 11) is 0. The van der Waals surface area contributed by atoms with Gasteiger partial charge in [0.05, 0.1) is 10.0 Å². The van der Waals surface area contributed by atoms with Crippen molar-refractivity contribution < 1.29 is 0 Å². The summed E-state index contributed by atoms with van der Waals surface area (Å²) in [6.45, 7) is 5.41. The van der Waals surface area contributed by atoms with E-state index in [0.717, 1.165) is 13.0 Å². The Morgan fingerprint density at radius 1 is 1.12 bits per heavy atom. The smallest absolute Gasteiger partial charge is 0.0595 e. The fourth-order valence-electron chi connectivity index (χ4n) is 1.54. The highest BCUT2D eigenvalue weighted by atomic mass is 35.5. The summed E-state index contributed by atoms with van der Waals surface area (Å²) in [6, 6.07) is 6.44. The largest absolute Gasteiger partial charge is 0.315 e. The normalized spacial score (nSPS) is 11.1. The highest BCUT2D eigenvalue weighted by Crippen LogP contribution is 2.23. The van der Waals surface area contributed by atoms with Crippen molar-refractivity contribution in [2.24, 2.45) is 0 Å².